The Morgan fingerprint density at radius 2 is 1.72 bits per heavy atom. The topological polar surface area (TPSA) is 97.1 Å². The normalized spacial score (nSPS) is 15.4. The lowest BCUT2D eigenvalue weighted by Gasteiger charge is -2.31. The van der Waals surface area contributed by atoms with Gasteiger partial charge < -0.3 is 9.64 Å². The Balaban J connectivity index is 0.00000222. The predicted octanol–water partition coefficient (Wildman–Crippen LogP) is 4.08. The van der Waals surface area contributed by atoms with Crippen LogP contribution in [0.25, 0.3) is 0 Å². The number of sulfonamides is 1. The molecule has 1 fully saturated rings. The van der Waals surface area contributed by atoms with Crippen molar-refractivity contribution < 1.29 is 17.9 Å². The van der Waals surface area contributed by atoms with Crippen molar-refractivity contribution in [3.05, 3.63) is 35.2 Å². The fourth-order valence-electron chi connectivity index (χ4n) is 4.12. The zero-order valence-corrected chi connectivity index (χ0v) is 23.8. The van der Waals surface area contributed by atoms with Gasteiger partial charge in [-0.05, 0) is 45.5 Å². The van der Waals surface area contributed by atoms with Crippen LogP contribution < -0.4 is 4.74 Å². The van der Waals surface area contributed by atoms with Crippen LogP contribution in [0.2, 0.25) is 0 Å². The van der Waals surface area contributed by atoms with Crippen molar-refractivity contribution in [2.75, 3.05) is 39.8 Å². The molecule has 1 aliphatic heterocycles. The summed E-state index contributed by atoms with van der Waals surface area (Å²) in [5, 5.41) is 4.50. The second kappa shape index (κ2) is 13.1. The van der Waals surface area contributed by atoms with E-state index in [0.29, 0.717) is 67.6 Å². The number of carbonyl (C=O) groups is 1. The summed E-state index contributed by atoms with van der Waals surface area (Å²) in [5.41, 5.74) is 2.85. The molecule has 10 heteroatoms. The lowest BCUT2D eigenvalue weighted by molar-refractivity contribution is 0.100. The number of benzene rings is 1. The van der Waals surface area contributed by atoms with Gasteiger partial charge in [0, 0.05) is 51.4 Å². The average Bonchev–Trinajstić information content (AvgIpc) is 3.15. The van der Waals surface area contributed by atoms with Gasteiger partial charge in [0.1, 0.15) is 17.1 Å². The summed E-state index contributed by atoms with van der Waals surface area (Å²) in [4.78, 5) is 19.4. The number of Topliss-reactive ketones (excluding diaryl/α,β-unsaturated/α-hetero) is 1. The standard InChI is InChI=1S/C24H35N5O4S.C2H6/c1-7-9-21-23(24(18(4)30)28(6)26-21)25-17(3)20-16-19(10-11-22(20)33-8-2)34(31,32)29-14-12-27(5)13-15-29;1-2/h10-11,16H,7-9,12-15H2,1-6H3;1-2H3. The number of ketones is 1. The number of aromatic nitrogens is 2. The summed E-state index contributed by atoms with van der Waals surface area (Å²) < 4.78 is 35.6. The molecule has 0 atom stereocenters. The Labute approximate surface area is 216 Å². The highest BCUT2D eigenvalue weighted by molar-refractivity contribution is 7.89. The molecule has 1 aromatic heterocycles. The van der Waals surface area contributed by atoms with E-state index in [1.165, 1.54) is 11.2 Å². The molecule has 2 heterocycles. The van der Waals surface area contributed by atoms with Gasteiger partial charge in [0.25, 0.3) is 0 Å². The minimum Gasteiger partial charge on any atom is -0.493 e. The van der Waals surface area contributed by atoms with Crippen molar-refractivity contribution in [2.24, 2.45) is 12.0 Å². The lowest BCUT2D eigenvalue weighted by Crippen LogP contribution is -2.47. The number of carbonyl (C=O) groups excluding carboxylic acids is 1. The Bertz CT molecular complexity index is 1180. The van der Waals surface area contributed by atoms with Crippen LogP contribution in [0.3, 0.4) is 0 Å². The second-order valence-corrected chi connectivity index (χ2v) is 10.5. The fraction of sp³-hybridized carbons (Fsp3) is 0.577. The first kappa shape index (κ1) is 29.7. The van der Waals surface area contributed by atoms with Gasteiger partial charge in [-0.1, -0.05) is 27.2 Å². The largest absolute Gasteiger partial charge is 0.493 e. The van der Waals surface area contributed by atoms with E-state index in [2.05, 4.69) is 10.00 Å². The van der Waals surface area contributed by atoms with Crippen molar-refractivity contribution in [1.29, 1.82) is 0 Å². The van der Waals surface area contributed by atoms with Gasteiger partial charge >= 0.3 is 0 Å². The van der Waals surface area contributed by atoms with Crippen molar-refractivity contribution in [3.63, 3.8) is 0 Å². The first-order chi connectivity index (χ1) is 17.1. The zero-order valence-electron chi connectivity index (χ0n) is 23.0. The molecule has 0 N–H and O–H groups in total. The van der Waals surface area contributed by atoms with E-state index < -0.39 is 10.0 Å². The number of rotatable bonds is 9. The summed E-state index contributed by atoms with van der Waals surface area (Å²) >= 11 is 0. The molecule has 36 heavy (non-hydrogen) atoms. The number of aliphatic imine (C=N–C) groups is 1. The third-order valence-electron chi connectivity index (χ3n) is 5.93. The highest BCUT2D eigenvalue weighted by Gasteiger charge is 2.28. The summed E-state index contributed by atoms with van der Waals surface area (Å²) in [6.45, 7) is 13.9. The maximum atomic E-state index is 13.4. The number of piperazine rings is 1. The molecule has 9 nitrogen and oxygen atoms in total. The first-order valence-electron chi connectivity index (χ1n) is 12.7. The molecular formula is C26H41N5O4S. The summed E-state index contributed by atoms with van der Waals surface area (Å²) in [6, 6.07) is 4.90. The Morgan fingerprint density at radius 3 is 2.28 bits per heavy atom. The van der Waals surface area contributed by atoms with Crippen molar-refractivity contribution >= 4 is 27.2 Å². The highest BCUT2D eigenvalue weighted by atomic mass is 32.2. The lowest BCUT2D eigenvalue weighted by atomic mass is 10.1. The molecule has 0 unspecified atom stereocenters. The number of likely N-dealkylation sites (N-methyl/N-ethyl adjacent to an activating group) is 1. The van der Waals surface area contributed by atoms with E-state index >= 15 is 0 Å². The second-order valence-electron chi connectivity index (χ2n) is 8.57. The van der Waals surface area contributed by atoms with E-state index in [4.69, 9.17) is 9.73 Å². The Morgan fingerprint density at radius 1 is 1.08 bits per heavy atom. The van der Waals surface area contributed by atoms with Crippen LogP contribution in [0.1, 0.15) is 69.7 Å². The molecule has 0 bridgehead atoms. The molecule has 0 aliphatic carbocycles. The third kappa shape index (κ3) is 6.60. The van der Waals surface area contributed by atoms with Crippen LogP contribution in [0.5, 0.6) is 5.75 Å². The zero-order chi connectivity index (χ0) is 27.0. The summed E-state index contributed by atoms with van der Waals surface area (Å²) in [5.74, 6) is 0.423. The van der Waals surface area contributed by atoms with E-state index in [0.717, 1.165) is 12.1 Å². The van der Waals surface area contributed by atoms with Gasteiger partial charge in [-0.3, -0.25) is 9.48 Å². The molecule has 3 rings (SSSR count). The van der Waals surface area contributed by atoms with E-state index in [9.17, 15) is 13.2 Å². The molecule has 1 aliphatic rings. The van der Waals surface area contributed by atoms with E-state index in [-0.39, 0.29) is 10.7 Å². The fourth-order valence-corrected chi connectivity index (χ4v) is 5.57. The van der Waals surface area contributed by atoms with Gasteiger partial charge in [0.15, 0.2) is 5.78 Å². The van der Waals surface area contributed by atoms with E-state index in [1.807, 2.05) is 34.7 Å². The van der Waals surface area contributed by atoms with Crippen molar-refractivity contribution in [1.82, 2.24) is 19.0 Å². The van der Waals surface area contributed by atoms with Gasteiger partial charge in [-0.15, -0.1) is 0 Å². The minimum atomic E-state index is -3.65. The van der Waals surface area contributed by atoms with Gasteiger partial charge in [0.05, 0.1) is 17.2 Å². The smallest absolute Gasteiger partial charge is 0.243 e. The first-order valence-corrected chi connectivity index (χ1v) is 14.1. The number of nitrogens with zero attached hydrogens (tertiary/aromatic N) is 5. The molecule has 200 valence electrons. The van der Waals surface area contributed by atoms with Crippen LogP contribution in [-0.4, -0.2) is 78.7 Å². The number of ether oxygens (including phenoxy) is 1. The van der Waals surface area contributed by atoms with Gasteiger partial charge in [-0.25, -0.2) is 13.4 Å². The van der Waals surface area contributed by atoms with Crippen LogP contribution >= 0.6 is 0 Å². The maximum absolute atomic E-state index is 13.4. The van der Waals surface area contributed by atoms with Crippen molar-refractivity contribution in [2.45, 2.75) is 59.3 Å². The number of hydrogen-bond donors (Lipinski definition) is 0. The Hall–Kier alpha value is -2.56. The van der Waals surface area contributed by atoms with Gasteiger partial charge in [-0.2, -0.15) is 9.40 Å². The average molecular weight is 520 g/mol. The number of hydrogen-bond acceptors (Lipinski definition) is 7. The summed E-state index contributed by atoms with van der Waals surface area (Å²) in [6.07, 6.45) is 1.54. The van der Waals surface area contributed by atoms with Crippen LogP contribution in [0, 0.1) is 0 Å². The van der Waals surface area contributed by atoms with E-state index in [1.54, 1.807) is 36.9 Å². The van der Waals surface area contributed by atoms with Crippen LogP contribution in [0.15, 0.2) is 28.1 Å². The maximum Gasteiger partial charge on any atom is 0.243 e. The molecule has 1 saturated heterocycles. The Kier molecular flexibility index (Phi) is 10.8. The van der Waals surface area contributed by atoms with Crippen molar-refractivity contribution in [3.8, 4) is 5.75 Å². The molecule has 0 saturated carbocycles. The quantitative estimate of drug-likeness (QED) is 0.366. The SMILES string of the molecule is CC.CCCc1nn(C)c(C(C)=O)c1N=C(C)c1cc(S(=O)(=O)N2CCN(C)CC2)ccc1OCC. The minimum absolute atomic E-state index is 0.125. The number of aryl methyl sites for hydroxylation is 2. The van der Waals surface area contributed by atoms with Gasteiger partial charge in [0.2, 0.25) is 10.0 Å². The molecular weight excluding hydrogens is 478 g/mol. The molecule has 0 radical (unpaired) electrons. The summed E-state index contributed by atoms with van der Waals surface area (Å²) in [7, 11) is 0.0659. The van der Waals surface area contributed by atoms with Crippen LogP contribution in [-0.2, 0) is 23.5 Å². The monoisotopic (exact) mass is 519 g/mol. The molecule has 0 spiro atoms. The molecule has 2 aromatic rings. The highest BCUT2D eigenvalue weighted by Crippen LogP contribution is 2.30. The molecule has 1 aromatic carbocycles. The van der Waals surface area contributed by atoms with Crippen LogP contribution in [0.4, 0.5) is 5.69 Å². The third-order valence-corrected chi connectivity index (χ3v) is 7.83. The predicted molar refractivity (Wildman–Crippen MR) is 144 cm³/mol. The molecule has 0 amide bonds.